The zero-order chi connectivity index (χ0) is 12.9. The summed E-state index contributed by atoms with van der Waals surface area (Å²) in [5.74, 6) is -0.881. The number of amides is 1. The van der Waals surface area contributed by atoms with Gasteiger partial charge in [-0.05, 0) is 39.5 Å². The van der Waals surface area contributed by atoms with Gasteiger partial charge in [-0.15, -0.1) is 0 Å². The Balaban J connectivity index is 2.26. The zero-order valence-electron chi connectivity index (χ0n) is 11.0. The number of ether oxygens (including phenoxy) is 1. The molecule has 17 heavy (non-hydrogen) atoms. The van der Waals surface area contributed by atoms with Crippen molar-refractivity contribution in [3.63, 3.8) is 0 Å². The van der Waals surface area contributed by atoms with Crippen molar-refractivity contribution in [1.29, 1.82) is 0 Å². The molecule has 0 radical (unpaired) electrons. The van der Waals surface area contributed by atoms with Gasteiger partial charge in [0.05, 0.1) is 0 Å². The average Bonchev–Trinajstić information content (AvgIpc) is 2.25. The molecule has 1 aliphatic carbocycles. The molecular weight excluding hydrogens is 218 g/mol. The SMILES string of the molecule is CC(C)(C)OC(=O)C(=O)NCC1CCCCC1. The van der Waals surface area contributed by atoms with E-state index in [0.29, 0.717) is 12.5 Å². The fraction of sp³-hybridized carbons (Fsp3) is 0.846. The second-order valence-corrected chi connectivity index (χ2v) is 5.72. The minimum Gasteiger partial charge on any atom is -0.453 e. The third-order valence-corrected chi connectivity index (χ3v) is 2.86. The second-order valence-electron chi connectivity index (χ2n) is 5.72. The van der Waals surface area contributed by atoms with Crippen LogP contribution in [-0.4, -0.2) is 24.0 Å². The predicted molar refractivity (Wildman–Crippen MR) is 65.4 cm³/mol. The molecule has 1 fully saturated rings. The molecule has 0 saturated heterocycles. The number of carbonyl (C=O) groups excluding carboxylic acids is 2. The minimum atomic E-state index is -0.784. The van der Waals surface area contributed by atoms with Gasteiger partial charge in [0.1, 0.15) is 5.60 Å². The lowest BCUT2D eigenvalue weighted by molar-refractivity contribution is -0.163. The van der Waals surface area contributed by atoms with Crippen molar-refractivity contribution in [3.05, 3.63) is 0 Å². The van der Waals surface area contributed by atoms with Gasteiger partial charge in [0.25, 0.3) is 0 Å². The highest BCUT2D eigenvalue weighted by molar-refractivity contribution is 6.32. The molecule has 1 amide bonds. The molecule has 1 saturated carbocycles. The van der Waals surface area contributed by atoms with E-state index in [1.54, 1.807) is 20.8 Å². The van der Waals surface area contributed by atoms with Gasteiger partial charge in [-0.2, -0.15) is 0 Å². The van der Waals surface area contributed by atoms with Gasteiger partial charge in [0.2, 0.25) is 0 Å². The van der Waals surface area contributed by atoms with Crippen LogP contribution in [0, 0.1) is 5.92 Å². The molecule has 0 aromatic rings. The van der Waals surface area contributed by atoms with E-state index in [1.165, 1.54) is 19.3 Å². The smallest absolute Gasteiger partial charge is 0.397 e. The monoisotopic (exact) mass is 241 g/mol. The lowest BCUT2D eigenvalue weighted by atomic mass is 9.89. The van der Waals surface area contributed by atoms with Crippen molar-refractivity contribution in [2.45, 2.75) is 58.5 Å². The van der Waals surface area contributed by atoms with Gasteiger partial charge in [-0.3, -0.25) is 4.79 Å². The van der Waals surface area contributed by atoms with E-state index in [1.807, 2.05) is 0 Å². The van der Waals surface area contributed by atoms with Crippen molar-refractivity contribution in [2.24, 2.45) is 5.92 Å². The number of nitrogens with one attached hydrogen (secondary N) is 1. The standard InChI is InChI=1S/C13H23NO3/c1-13(2,3)17-12(16)11(15)14-9-10-7-5-4-6-8-10/h10H,4-9H2,1-3H3,(H,14,15). The lowest BCUT2D eigenvalue weighted by Gasteiger charge is -2.22. The summed E-state index contributed by atoms with van der Waals surface area (Å²) in [7, 11) is 0. The highest BCUT2D eigenvalue weighted by atomic mass is 16.6. The molecule has 0 unspecified atom stereocenters. The van der Waals surface area contributed by atoms with Crippen LogP contribution in [0.1, 0.15) is 52.9 Å². The predicted octanol–water partition coefficient (Wildman–Crippen LogP) is 2.02. The van der Waals surface area contributed by atoms with E-state index in [9.17, 15) is 9.59 Å². The van der Waals surface area contributed by atoms with Crippen LogP contribution in [0.4, 0.5) is 0 Å². The van der Waals surface area contributed by atoms with Crippen molar-refractivity contribution in [2.75, 3.05) is 6.54 Å². The van der Waals surface area contributed by atoms with Crippen LogP contribution in [-0.2, 0) is 14.3 Å². The summed E-state index contributed by atoms with van der Waals surface area (Å²) in [5, 5.41) is 2.66. The molecule has 1 aliphatic rings. The zero-order valence-corrected chi connectivity index (χ0v) is 11.0. The van der Waals surface area contributed by atoms with Gasteiger partial charge in [0.15, 0.2) is 0 Å². The molecule has 1 N–H and O–H groups in total. The topological polar surface area (TPSA) is 55.4 Å². The fourth-order valence-electron chi connectivity index (χ4n) is 2.02. The first-order chi connectivity index (χ1) is 7.88. The van der Waals surface area contributed by atoms with Crippen molar-refractivity contribution in [1.82, 2.24) is 5.32 Å². The van der Waals surface area contributed by atoms with Crippen molar-refractivity contribution >= 4 is 11.9 Å². The maximum atomic E-state index is 11.5. The largest absolute Gasteiger partial charge is 0.453 e. The molecule has 0 aromatic heterocycles. The van der Waals surface area contributed by atoms with Gasteiger partial charge in [0, 0.05) is 6.54 Å². The maximum Gasteiger partial charge on any atom is 0.397 e. The van der Waals surface area contributed by atoms with Crippen molar-refractivity contribution < 1.29 is 14.3 Å². The Morgan fingerprint density at radius 2 is 1.76 bits per heavy atom. The summed E-state index contributed by atoms with van der Waals surface area (Å²) < 4.78 is 4.99. The van der Waals surface area contributed by atoms with Crippen LogP contribution in [0.15, 0.2) is 0 Å². The third kappa shape index (κ3) is 5.71. The number of esters is 1. The summed E-state index contributed by atoms with van der Waals surface area (Å²) in [4.78, 5) is 22.9. The summed E-state index contributed by atoms with van der Waals surface area (Å²) in [6.07, 6.45) is 6.04. The van der Waals surface area contributed by atoms with E-state index in [2.05, 4.69) is 5.32 Å². The number of carbonyl (C=O) groups is 2. The van der Waals surface area contributed by atoms with Gasteiger partial charge < -0.3 is 10.1 Å². The Hall–Kier alpha value is -1.06. The summed E-state index contributed by atoms with van der Waals surface area (Å²) in [6, 6.07) is 0. The van der Waals surface area contributed by atoms with Gasteiger partial charge in [-0.1, -0.05) is 19.3 Å². The highest BCUT2D eigenvalue weighted by Gasteiger charge is 2.23. The van der Waals surface area contributed by atoms with Crippen LogP contribution in [0.2, 0.25) is 0 Å². The first-order valence-electron chi connectivity index (χ1n) is 6.39. The fourth-order valence-corrected chi connectivity index (χ4v) is 2.02. The second kappa shape index (κ2) is 6.03. The van der Waals surface area contributed by atoms with E-state index in [-0.39, 0.29) is 0 Å². The molecule has 0 bridgehead atoms. The molecule has 4 heteroatoms. The molecule has 0 aliphatic heterocycles. The Kier molecular flexibility index (Phi) is 4.97. The molecule has 0 heterocycles. The molecule has 4 nitrogen and oxygen atoms in total. The summed E-state index contributed by atoms with van der Waals surface area (Å²) in [5.41, 5.74) is -0.612. The van der Waals surface area contributed by atoms with Crippen LogP contribution < -0.4 is 5.32 Å². The Labute approximate surface area is 103 Å². The molecular formula is C13H23NO3. The quantitative estimate of drug-likeness (QED) is 0.594. The van der Waals surface area contributed by atoms with E-state index in [4.69, 9.17) is 4.74 Å². The van der Waals surface area contributed by atoms with Crippen LogP contribution in [0.3, 0.4) is 0 Å². The first-order valence-corrected chi connectivity index (χ1v) is 6.39. The highest BCUT2D eigenvalue weighted by Crippen LogP contribution is 2.22. The van der Waals surface area contributed by atoms with Gasteiger partial charge in [-0.25, -0.2) is 4.79 Å². The summed E-state index contributed by atoms with van der Waals surface area (Å²) >= 11 is 0. The van der Waals surface area contributed by atoms with Gasteiger partial charge >= 0.3 is 11.9 Å². The van der Waals surface area contributed by atoms with Crippen LogP contribution >= 0.6 is 0 Å². The van der Waals surface area contributed by atoms with Crippen LogP contribution in [0.5, 0.6) is 0 Å². The lowest BCUT2D eigenvalue weighted by Crippen LogP contribution is -2.39. The number of hydrogen-bond donors (Lipinski definition) is 1. The number of hydrogen-bond acceptors (Lipinski definition) is 3. The van der Waals surface area contributed by atoms with E-state index < -0.39 is 17.5 Å². The molecule has 0 aromatic carbocycles. The minimum absolute atomic E-state index is 0.523. The Morgan fingerprint density at radius 1 is 1.18 bits per heavy atom. The van der Waals surface area contributed by atoms with E-state index >= 15 is 0 Å². The third-order valence-electron chi connectivity index (χ3n) is 2.86. The van der Waals surface area contributed by atoms with E-state index in [0.717, 1.165) is 12.8 Å². The molecule has 98 valence electrons. The molecule has 1 rings (SSSR count). The number of rotatable bonds is 2. The first kappa shape index (κ1) is 14.0. The Bertz CT molecular complexity index is 275. The maximum absolute atomic E-state index is 11.5. The van der Waals surface area contributed by atoms with Crippen LogP contribution in [0.25, 0.3) is 0 Å². The molecule has 0 spiro atoms. The summed E-state index contributed by atoms with van der Waals surface area (Å²) in [6.45, 7) is 5.84. The normalized spacial score (nSPS) is 17.6. The van der Waals surface area contributed by atoms with Crippen molar-refractivity contribution in [3.8, 4) is 0 Å². The molecule has 0 atom stereocenters. The average molecular weight is 241 g/mol. The Morgan fingerprint density at radius 3 is 2.29 bits per heavy atom.